The summed E-state index contributed by atoms with van der Waals surface area (Å²) >= 11 is 0. The predicted molar refractivity (Wildman–Crippen MR) is 133 cm³/mol. The highest BCUT2D eigenvalue weighted by molar-refractivity contribution is 5.77. The minimum atomic E-state index is 0.114. The van der Waals surface area contributed by atoms with E-state index in [-0.39, 0.29) is 17.9 Å². The molecule has 3 fully saturated rings. The van der Waals surface area contributed by atoms with Gasteiger partial charge in [0.2, 0.25) is 11.9 Å². The zero-order valence-corrected chi connectivity index (χ0v) is 20.5. The number of rotatable bonds is 7. The smallest absolute Gasteiger partial charge is 0.227 e. The fourth-order valence-corrected chi connectivity index (χ4v) is 4.85. The summed E-state index contributed by atoms with van der Waals surface area (Å²) in [6.07, 6.45) is 3.42. The zero-order valence-electron chi connectivity index (χ0n) is 20.5. The average molecular weight is 482 g/mol. The second-order valence-electron chi connectivity index (χ2n) is 9.46. The van der Waals surface area contributed by atoms with Crippen LogP contribution in [0.15, 0.2) is 36.5 Å². The largest absolute Gasteiger partial charge is 0.489 e. The van der Waals surface area contributed by atoms with E-state index in [1.54, 1.807) is 0 Å². The molecule has 0 N–H and O–H groups in total. The van der Waals surface area contributed by atoms with Gasteiger partial charge in [0, 0.05) is 51.8 Å². The minimum Gasteiger partial charge on any atom is -0.489 e. The molecule has 3 saturated heterocycles. The predicted octanol–water partition coefficient (Wildman–Crippen LogP) is 2.32. The summed E-state index contributed by atoms with van der Waals surface area (Å²) in [6.45, 7) is 9.56. The van der Waals surface area contributed by atoms with Gasteiger partial charge in [-0.25, -0.2) is 4.98 Å². The van der Waals surface area contributed by atoms with Crippen molar-refractivity contribution in [1.29, 1.82) is 0 Å². The first-order valence-corrected chi connectivity index (χ1v) is 12.7. The van der Waals surface area contributed by atoms with Crippen molar-refractivity contribution in [3.8, 4) is 5.75 Å². The Morgan fingerprint density at radius 1 is 1.00 bits per heavy atom. The molecule has 0 radical (unpaired) electrons. The Bertz CT molecular complexity index is 976. The lowest BCUT2D eigenvalue weighted by Gasteiger charge is -2.28. The van der Waals surface area contributed by atoms with E-state index in [2.05, 4.69) is 33.8 Å². The Labute approximate surface area is 207 Å². The van der Waals surface area contributed by atoms with E-state index in [1.165, 1.54) is 0 Å². The Morgan fingerprint density at radius 2 is 1.71 bits per heavy atom. The number of benzene rings is 1. The molecule has 2 atom stereocenters. The molecule has 0 spiro atoms. The third kappa shape index (κ3) is 6.02. The van der Waals surface area contributed by atoms with Gasteiger partial charge in [-0.2, -0.15) is 4.98 Å². The summed E-state index contributed by atoms with van der Waals surface area (Å²) < 4.78 is 17.1. The highest BCUT2D eigenvalue weighted by Gasteiger charge is 2.26. The summed E-state index contributed by atoms with van der Waals surface area (Å²) in [7, 11) is 0. The quantitative estimate of drug-likeness (QED) is 0.596. The summed E-state index contributed by atoms with van der Waals surface area (Å²) in [5.41, 5.74) is 1.16. The number of carbonyl (C=O) groups excluding carboxylic acids is 1. The second kappa shape index (κ2) is 11.2. The van der Waals surface area contributed by atoms with Gasteiger partial charge in [0.1, 0.15) is 17.7 Å². The maximum atomic E-state index is 12.6. The fraction of sp³-hybridized carbons (Fsp3) is 0.577. The van der Waals surface area contributed by atoms with Crippen molar-refractivity contribution in [2.45, 2.75) is 31.8 Å². The fourth-order valence-electron chi connectivity index (χ4n) is 4.85. The van der Waals surface area contributed by atoms with E-state index in [0.717, 1.165) is 68.9 Å². The highest BCUT2D eigenvalue weighted by Crippen LogP contribution is 2.26. The standard InChI is InChI=1S/C26H35N5O4/c1-20(18-25(32)29-10-14-33-15-11-29)21-2-4-22(5-3-21)35-23-7-9-31(19-23)24-6-8-27-26(28-24)30-12-16-34-17-13-30/h2-6,8,20,23H,7,9-19H2,1H3/t20-,23?/m1/s1. The van der Waals surface area contributed by atoms with Crippen LogP contribution >= 0.6 is 0 Å². The van der Waals surface area contributed by atoms with Crippen molar-refractivity contribution in [2.75, 3.05) is 75.5 Å². The van der Waals surface area contributed by atoms with Crippen molar-refractivity contribution >= 4 is 17.7 Å². The van der Waals surface area contributed by atoms with Gasteiger partial charge < -0.3 is 28.9 Å². The van der Waals surface area contributed by atoms with E-state index in [0.29, 0.717) is 32.7 Å². The number of morpholine rings is 2. The van der Waals surface area contributed by atoms with Gasteiger partial charge in [-0.15, -0.1) is 0 Å². The minimum absolute atomic E-state index is 0.114. The monoisotopic (exact) mass is 481 g/mol. The zero-order chi connectivity index (χ0) is 24.0. The molecule has 0 bridgehead atoms. The second-order valence-corrected chi connectivity index (χ2v) is 9.46. The molecule has 3 aliphatic rings. The Hall–Kier alpha value is -2.91. The number of hydrogen-bond acceptors (Lipinski definition) is 8. The van der Waals surface area contributed by atoms with E-state index in [1.807, 2.05) is 29.3 Å². The Balaban J connectivity index is 1.13. The molecule has 1 amide bonds. The van der Waals surface area contributed by atoms with E-state index in [9.17, 15) is 4.79 Å². The summed E-state index contributed by atoms with van der Waals surface area (Å²) in [6, 6.07) is 10.2. The van der Waals surface area contributed by atoms with Crippen LogP contribution in [0.1, 0.15) is 31.2 Å². The van der Waals surface area contributed by atoms with Gasteiger partial charge in [0.15, 0.2) is 0 Å². The number of anilines is 2. The molecule has 3 aliphatic heterocycles. The Morgan fingerprint density at radius 3 is 2.46 bits per heavy atom. The number of amides is 1. The molecule has 0 saturated carbocycles. The highest BCUT2D eigenvalue weighted by atomic mass is 16.5. The lowest BCUT2D eigenvalue weighted by Crippen LogP contribution is -2.41. The van der Waals surface area contributed by atoms with Crippen molar-refractivity contribution in [1.82, 2.24) is 14.9 Å². The first-order chi connectivity index (χ1) is 17.2. The first-order valence-electron chi connectivity index (χ1n) is 12.7. The molecule has 9 heteroatoms. The number of aromatic nitrogens is 2. The number of ether oxygens (including phenoxy) is 3. The van der Waals surface area contributed by atoms with E-state index >= 15 is 0 Å². The van der Waals surface area contributed by atoms with Gasteiger partial charge in [-0.1, -0.05) is 19.1 Å². The Kier molecular flexibility index (Phi) is 7.63. The van der Waals surface area contributed by atoms with Gasteiger partial charge in [0.25, 0.3) is 0 Å². The van der Waals surface area contributed by atoms with Crippen LogP contribution in [0, 0.1) is 0 Å². The molecule has 0 aliphatic carbocycles. The average Bonchev–Trinajstić information content (AvgIpc) is 3.38. The van der Waals surface area contributed by atoms with Crippen LogP contribution in [0.25, 0.3) is 0 Å². The molecule has 35 heavy (non-hydrogen) atoms. The number of hydrogen-bond donors (Lipinski definition) is 0. The van der Waals surface area contributed by atoms with Crippen LogP contribution in [0.2, 0.25) is 0 Å². The molecule has 4 heterocycles. The van der Waals surface area contributed by atoms with Crippen LogP contribution in [0.3, 0.4) is 0 Å². The van der Waals surface area contributed by atoms with Crippen LogP contribution in [-0.2, 0) is 14.3 Å². The first kappa shape index (κ1) is 23.8. The molecular weight excluding hydrogens is 446 g/mol. The maximum Gasteiger partial charge on any atom is 0.227 e. The van der Waals surface area contributed by atoms with Crippen LogP contribution in [0.5, 0.6) is 5.75 Å². The number of nitrogens with zero attached hydrogens (tertiary/aromatic N) is 5. The number of carbonyl (C=O) groups is 1. The molecule has 1 unspecified atom stereocenters. The molecule has 1 aromatic heterocycles. The lowest BCUT2D eigenvalue weighted by molar-refractivity contribution is -0.135. The molecular formula is C26H35N5O4. The SMILES string of the molecule is C[C@H](CC(=O)N1CCOCC1)c1ccc(OC2CCN(c3ccnc(N4CCOCC4)n3)C2)cc1. The third-order valence-corrected chi connectivity index (χ3v) is 6.99. The molecule has 9 nitrogen and oxygen atoms in total. The summed E-state index contributed by atoms with van der Waals surface area (Å²) in [5.74, 6) is 2.95. The van der Waals surface area contributed by atoms with E-state index in [4.69, 9.17) is 19.2 Å². The summed E-state index contributed by atoms with van der Waals surface area (Å²) in [4.78, 5) is 28.2. The molecule has 5 rings (SSSR count). The maximum absolute atomic E-state index is 12.6. The third-order valence-electron chi connectivity index (χ3n) is 6.99. The van der Waals surface area contributed by atoms with Crippen LogP contribution in [0.4, 0.5) is 11.8 Å². The van der Waals surface area contributed by atoms with Crippen LogP contribution in [-0.4, -0.2) is 92.6 Å². The van der Waals surface area contributed by atoms with Gasteiger partial charge in [-0.3, -0.25) is 4.79 Å². The van der Waals surface area contributed by atoms with Crippen molar-refractivity contribution in [3.05, 3.63) is 42.1 Å². The topological polar surface area (TPSA) is 80.3 Å². The lowest BCUT2D eigenvalue weighted by atomic mass is 9.97. The molecule has 188 valence electrons. The van der Waals surface area contributed by atoms with Crippen molar-refractivity contribution in [2.24, 2.45) is 0 Å². The molecule has 2 aromatic rings. The van der Waals surface area contributed by atoms with E-state index < -0.39 is 0 Å². The van der Waals surface area contributed by atoms with Crippen molar-refractivity contribution in [3.63, 3.8) is 0 Å². The van der Waals surface area contributed by atoms with Gasteiger partial charge >= 0.3 is 0 Å². The van der Waals surface area contributed by atoms with Crippen LogP contribution < -0.4 is 14.5 Å². The van der Waals surface area contributed by atoms with Gasteiger partial charge in [0.05, 0.1) is 33.0 Å². The summed E-state index contributed by atoms with van der Waals surface area (Å²) in [5, 5.41) is 0. The van der Waals surface area contributed by atoms with Gasteiger partial charge in [-0.05, 0) is 29.7 Å². The molecule has 1 aromatic carbocycles. The normalized spacial score (nSPS) is 21.7. The van der Waals surface area contributed by atoms with Crippen molar-refractivity contribution < 1.29 is 19.0 Å².